The summed E-state index contributed by atoms with van der Waals surface area (Å²) in [4.78, 5) is 28.4. The fraction of sp³-hybridized carbons (Fsp3) is 0.310. The molecule has 5 nitrogen and oxygen atoms in total. The number of amides is 2. The van der Waals surface area contributed by atoms with Crippen LogP contribution in [0.4, 0.5) is 4.39 Å². The summed E-state index contributed by atoms with van der Waals surface area (Å²) in [5.74, 6) is -0.296. The molecule has 0 aliphatic carbocycles. The van der Waals surface area contributed by atoms with E-state index in [0.717, 1.165) is 29.5 Å². The maximum Gasteiger partial charge on any atom is 0.261 e. The Labute approximate surface area is 206 Å². The zero-order valence-electron chi connectivity index (χ0n) is 20.4. The van der Waals surface area contributed by atoms with Crippen LogP contribution in [0.15, 0.2) is 78.9 Å². The van der Waals surface area contributed by atoms with Gasteiger partial charge in [0.1, 0.15) is 17.6 Å². The third-order valence-corrected chi connectivity index (χ3v) is 5.72. The Bertz CT molecular complexity index is 1090. The fourth-order valence-electron chi connectivity index (χ4n) is 3.78. The molecule has 0 aliphatic heterocycles. The van der Waals surface area contributed by atoms with Gasteiger partial charge in [-0.2, -0.15) is 0 Å². The van der Waals surface area contributed by atoms with Gasteiger partial charge in [-0.05, 0) is 54.3 Å². The van der Waals surface area contributed by atoms with Gasteiger partial charge >= 0.3 is 0 Å². The van der Waals surface area contributed by atoms with Gasteiger partial charge in [0.25, 0.3) is 5.91 Å². The molecule has 0 saturated heterocycles. The summed E-state index contributed by atoms with van der Waals surface area (Å²) in [5.41, 5.74) is 2.70. The number of carbonyl (C=O) groups is 2. The van der Waals surface area contributed by atoms with Crippen LogP contribution in [-0.4, -0.2) is 35.9 Å². The second-order valence-corrected chi connectivity index (χ2v) is 8.60. The van der Waals surface area contributed by atoms with Gasteiger partial charge < -0.3 is 15.0 Å². The number of nitrogens with zero attached hydrogens (tertiary/aromatic N) is 1. The van der Waals surface area contributed by atoms with Crippen LogP contribution in [0.25, 0.3) is 0 Å². The second-order valence-electron chi connectivity index (χ2n) is 8.60. The van der Waals surface area contributed by atoms with Crippen LogP contribution in [-0.2, 0) is 22.6 Å². The number of carbonyl (C=O) groups excluding carboxylic acids is 2. The monoisotopic (exact) mass is 476 g/mol. The lowest BCUT2D eigenvalue weighted by Gasteiger charge is -2.31. The van der Waals surface area contributed by atoms with Crippen LogP contribution < -0.4 is 10.1 Å². The lowest BCUT2D eigenvalue weighted by molar-refractivity contribution is -0.142. The van der Waals surface area contributed by atoms with E-state index in [1.165, 1.54) is 17.0 Å². The van der Waals surface area contributed by atoms with Gasteiger partial charge in [0, 0.05) is 19.5 Å². The Morgan fingerprint density at radius 2 is 1.71 bits per heavy atom. The molecule has 6 heteroatoms. The molecule has 0 bridgehead atoms. The normalized spacial score (nSPS) is 11.5. The van der Waals surface area contributed by atoms with E-state index in [4.69, 9.17) is 4.74 Å². The summed E-state index contributed by atoms with van der Waals surface area (Å²) in [6.07, 6.45) is 2.16. The molecule has 0 fully saturated rings. The summed E-state index contributed by atoms with van der Waals surface area (Å²) < 4.78 is 19.3. The first-order valence-corrected chi connectivity index (χ1v) is 12.0. The third kappa shape index (κ3) is 8.25. The summed E-state index contributed by atoms with van der Waals surface area (Å²) in [6.45, 7) is 4.50. The van der Waals surface area contributed by atoms with Gasteiger partial charge in [0.15, 0.2) is 6.61 Å². The first-order valence-electron chi connectivity index (χ1n) is 12.0. The number of benzene rings is 3. The van der Waals surface area contributed by atoms with Crippen molar-refractivity contribution < 1.29 is 18.7 Å². The molecule has 1 N–H and O–H groups in total. The van der Waals surface area contributed by atoms with Crippen molar-refractivity contribution in [3.05, 3.63) is 101 Å². The summed E-state index contributed by atoms with van der Waals surface area (Å²) in [5, 5.41) is 2.98. The number of hydrogen-bond donors (Lipinski definition) is 1. The quantitative estimate of drug-likeness (QED) is 0.372. The Kier molecular flexibility index (Phi) is 9.84. The minimum Gasteiger partial charge on any atom is -0.484 e. The minimum absolute atomic E-state index is 0.162. The molecule has 184 valence electrons. The number of halogens is 1. The predicted molar refractivity (Wildman–Crippen MR) is 135 cm³/mol. The van der Waals surface area contributed by atoms with Crippen molar-refractivity contribution in [2.24, 2.45) is 0 Å². The highest BCUT2D eigenvalue weighted by Gasteiger charge is 2.30. The minimum atomic E-state index is -0.743. The van der Waals surface area contributed by atoms with Gasteiger partial charge in [-0.15, -0.1) is 0 Å². The van der Waals surface area contributed by atoms with Gasteiger partial charge in [-0.3, -0.25) is 9.59 Å². The van der Waals surface area contributed by atoms with E-state index in [2.05, 4.69) is 12.2 Å². The Balaban J connectivity index is 1.87. The molecular weight excluding hydrogens is 443 g/mol. The van der Waals surface area contributed by atoms with Crippen molar-refractivity contribution in [2.75, 3.05) is 13.2 Å². The van der Waals surface area contributed by atoms with E-state index in [9.17, 15) is 14.0 Å². The molecule has 3 rings (SSSR count). The average Bonchev–Trinajstić information content (AvgIpc) is 2.86. The highest BCUT2D eigenvalue weighted by atomic mass is 19.1. The molecule has 0 spiro atoms. The molecule has 1 atom stereocenters. The Morgan fingerprint density at radius 1 is 0.971 bits per heavy atom. The van der Waals surface area contributed by atoms with Crippen molar-refractivity contribution in [1.29, 1.82) is 0 Å². The van der Waals surface area contributed by atoms with E-state index in [0.29, 0.717) is 18.7 Å². The van der Waals surface area contributed by atoms with Crippen molar-refractivity contribution in [1.82, 2.24) is 10.2 Å². The largest absolute Gasteiger partial charge is 0.484 e. The SMILES string of the molecule is CCCCNC(=O)[C@@H](Cc1ccccc1)N(Cc1ccc(F)cc1)C(=O)COc1cccc(C)c1. The van der Waals surface area contributed by atoms with E-state index in [1.54, 1.807) is 18.2 Å². The number of nitrogens with one attached hydrogen (secondary N) is 1. The molecule has 0 aliphatic rings. The highest BCUT2D eigenvalue weighted by Crippen LogP contribution is 2.17. The first-order chi connectivity index (χ1) is 17.0. The number of unbranched alkanes of at least 4 members (excludes halogenated alkanes) is 1. The van der Waals surface area contributed by atoms with Crippen LogP contribution in [0.1, 0.15) is 36.5 Å². The van der Waals surface area contributed by atoms with Crippen molar-refractivity contribution in [3.8, 4) is 5.75 Å². The molecule has 0 aromatic heterocycles. The summed E-state index contributed by atoms with van der Waals surface area (Å²) >= 11 is 0. The maximum atomic E-state index is 13.5. The lowest BCUT2D eigenvalue weighted by Crippen LogP contribution is -2.51. The van der Waals surface area contributed by atoms with Crippen molar-refractivity contribution >= 4 is 11.8 Å². The predicted octanol–water partition coefficient (Wildman–Crippen LogP) is 5.07. The second kappa shape index (κ2) is 13.3. The first kappa shape index (κ1) is 25.9. The number of ether oxygens (including phenoxy) is 1. The van der Waals surface area contributed by atoms with E-state index in [1.807, 2.05) is 55.5 Å². The maximum absolute atomic E-state index is 13.5. The van der Waals surface area contributed by atoms with Crippen LogP contribution in [0.5, 0.6) is 5.75 Å². The van der Waals surface area contributed by atoms with Crippen LogP contribution >= 0.6 is 0 Å². The van der Waals surface area contributed by atoms with E-state index < -0.39 is 6.04 Å². The lowest BCUT2D eigenvalue weighted by atomic mass is 10.0. The molecule has 2 amide bonds. The molecule has 0 unspecified atom stereocenters. The molecule has 35 heavy (non-hydrogen) atoms. The fourth-order valence-corrected chi connectivity index (χ4v) is 3.78. The van der Waals surface area contributed by atoms with Crippen LogP contribution in [0, 0.1) is 12.7 Å². The number of aryl methyl sites for hydroxylation is 1. The van der Waals surface area contributed by atoms with Gasteiger partial charge in [0.05, 0.1) is 0 Å². The topological polar surface area (TPSA) is 58.6 Å². The standard InChI is InChI=1S/C29H33FN2O3/c1-3-4-17-31-29(34)27(19-23-10-6-5-7-11-23)32(20-24-13-15-25(30)16-14-24)28(33)21-35-26-12-8-9-22(2)18-26/h5-16,18,27H,3-4,17,19-21H2,1-2H3,(H,31,34)/t27-/m1/s1. The van der Waals surface area contributed by atoms with E-state index in [-0.39, 0.29) is 30.8 Å². The molecule has 3 aromatic rings. The van der Waals surface area contributed by atoms with Crippen LogP contribution in [0.3, 0.4) is 0 Å². The van der Waals surface area contributed by atoms with Gasteiger partial charge in [0.2, 0.25) is 5.91 Å². The van der Waals surface area contributed by atoms with E-state index >= 15 is 0 Å². The summed E-state index contributed by atoms with van der Waals surface area (Å²) in [6, 6.07) is 22.3. The molecular formula is C29H33FN2O3. The van der Waals surface area contributed by atoms with Crippen molar-refractivity contribution in [3.63, 3.8) is 0 Å². The highest BCUT2D eigenvalue weighted by molar-refractivity contribution is 5.88. The number of hydrogen-bond acceptors (Lipinski definition) is 3. The molecule has 0 saturated carbocycles. The van der Waals surface area contributed by atoms with Gasteiger partial charge in [-0.25, -0.2) is 4.39 Å². The smallest absolute Gasteiger partial charge is 0.261 e. The Morgan fingerprint density at radius 3 is 2.40 bits per heavy atom. The molecule has 0 heterocycles. The average molecular weight is 477 g/mol. The zero-order chi connectivity index (χ0) is 25.0. The zero-order valence-corrected chi connectivity index (χ0v) is 20.4. The van der Waals surface area contributed by atoms with Crippen LogP contribution in [0.2, 0.25) is 0 Å². The van der Waals surface area contributed by atoms with Gasteiger partial charge in [-0.1, -0.05) is 67.9 Å². The number of rotatable bonds is 12. The third-order valence-electron chi connectivity index (χ3n) is 5.72. The molecule has 0 radical (unpaired) electrons. The summed E-state index contributed by atoms with van der Waals surface area (Å²) in [7, 11) is 0. The molecule has 3 aromatic carbocycles. The Hall–Kier alpha value is -3.67. The van der Waals surface area contributed by atoms with Crippen molar-refractivity contribution in [2.45, 2.75) is 45.7 Å².